The van der Waals surface area contributed by atoms with Crippen molar-refractivity contribution in [2.75, 3.05) is 21.0 Å². The van der Waals surface area contributed by atoms with Crippen molar-refractivity contribution >= 4 is 5.96 Å². The topological polar surface area (TPSA) is 64.1 Å². The van der Waals surface area contributed by atoms with Gasteiger partial charge < -0.3 is 24.8 Å². The van der Waals surface area contributed by atoms with Gasteiger partial charge in [0.25, 0.3) is 0 Å². The van der Waals surface area contributed by atoms with Crippen molar-refractivity contribution in [2.24, 2.45) is 4.99 Å². The van der Waals surface area contributed by atoms with E-state index in [-0.39, 0.29) is 6.79 Å². The molecule has 1 heterocycles. The van der Waals surface area contributed by atoms with Crippen LogP contribution in [-0.4, -0.2) is 26.9 Å². The summed E-state index contributed by atoms with van der Waals surface area (Å²) in [6, 6.07) is 13.8. The van der Waals surface area contributed by atoms with Gasteiger partial charge in [-0.15, -0.1) is 0 Å². The Morgan fingerprint density at radius 3 is 2.54 bits per heavy atom. The van der Waals surface area contributed by atoms with Crippen molar-refractivity contribution in [3.63, 3.8) is 0 Å². The molecule has 1 aliphatic rings. The number of benzene rings is 2. The predicted octanol–water partition coefficient (Wildman–Crippen LogP) is 2.29. The van der Waals surface area contributed by atoms with Crippen molar-refractivity contribution in [1.82, 2.24) is 10.6 Å². The highest BCUT2D eigenvalue weighted by atomic mass is 16.7. The maximum absolute atomic E-state index is 5.39. The fourth-order valence-corrected chi connectivity index (χ4v) is 2.43. The first kappa shape index (κ1) is 16.0. The van der Waals surface area contributed by atoms with E-state index in [0.29, 0.717) is 13.1 Å². The van der Waals surface area contributed by atoms with Crippen LogP contribution in [0.5, 0.6) is 17.2 Å². The molecular weight excluding hydrogens is 306 g/mol. The van der Waals surface area contributed by atoms with Gasteiger partial charge >= 0.3 is 0 Å². The van der Waals surface area contributed by atoms with Gasteiger partial charge in [0.15, 0.2) is 17.5 Å². The lowest BCUT2D eigenvalue weighted by Crippen LogP contribution is -2.36. The van der Waals surface area contributed by atoms with Crippen LogP contribution in [0, 0.1) is 0 Å². The largest absolute Gasteiger partial charge is 0.497 e. The number of methoxy groups -OCH3 is 1. The SMILES string of the molecule is CN=C(NCc1cccc(OC)c1)NCc1ccc2c(c1)OCO2. The van der Waals surface area contributed by atoms with Gasteiger partial charge in [-0.1, -0.05) is 18.2 Å². The van der Waals surface area contributed by atoms with E-state index in [9.17, 15) is 0 Å². The Kier molecular flexibility index (Phi) is 5.05. The maximum atomic E-state index is 5.39. The predicted molar refractivity (Wildman–Crippen MR) is 92.6 cm³/mol. The fourth-order valence-electron chi connectivity index (χ4n) is 2.43. The van der Waals surface area contributed by atoms with Gasteiger partial charge in [-0.25, -0.2) is 0 Å². The Balaban J connectivity index is 1.53. The number of hydrogen-bond donors (Lipinski definition) is 2. The molecule has 0 spiro atoms. The molecule has 0 saturated heterocycles. The molecule has 6 heteroatoms. The molecule has 0 aromatic heterocycles. The molecule has 6 nitrogen and oxygen atoms in total. The monoisotopic (exact) mass is 327 g/mol. The standard InChI is InChI=1S/C18H21N3O3/c1-19-18(20-10-13-4-3-5-15(8-13)22-2)21-11-14-6-7-16-17(9-14)24-12-23-16/h3-9H,10-12H2,1-2H3,(H2,19,20,21). The third-order valence-electron chi connectivity index (χ3n) is 3.71. The highest BCUT2D eigenvalue weighted by molar-refractivity contribution is 5.79. The second kappa shape index (κ2) is 7.59. The van der Waals surface area contributed by atoms with Crippen molar-refractivity contribution in [1.29, 1.82) is 0 Å². The van der Waals surface area contributed by atoms with Gasteiger partial charge in [0, 0.05) is 20.1 Å². The number of fused-ring (bicyclic) bond motifs is 1. The highest BCUT2D eigenvalue weighted by Gasteiger charge is 2.13. The molecule has 0 fully saturated rings. The Labute approximate surface area is 141 Å². The van der Waals surface area contributed by atoms with Crippen LogP contribution in [-0.2, 0) is 13.1 Å². The number of rotatable bonds is 5. The first-order chi connectivity index (χ1) is 11.8. The lowest BCUT2D eigenvalue weighted by Gasteiger charge is -2.12. The Morgan fingerprint density at radius 2 is 1.79 bits per heavy atom. The van der Waals surface area contributed by atoms with E-state index in [4.69, 9.17) is 14.2 Å². The number of aliphatic imine (C=N–C) groups is 1. The average Bonchev–Trinajstić information content (AvgIpc) is 3.10. The summed E-state index contributed by atoms with van der Waals surface area (Å²) in [6.07, 6.45) is 0. The van der Waals surface area contributed by atoms with Crippen molar-refractivity contribution in [3.05, 3.63) is 53.6 Å². The van der Waals surface area contributed by atoms with Gasteiger partial charge in [-0.3, -0.25) is 4.99 Å². The normalized spacial score (nSPS) is 12.8. The van der Waals surface area contributed by atoms with E-state index >= 15 is 0 Å². The van der Waals surface area contributed by atoms with Crippen LogP contribution in [0.4, 0.5) is 0 Å². The van der Waals surface area contributed by atoms with Gasteiger partial charge in [-0.05, 0) is 35.4 Å². The molecule has 2 aromatic rings. The number of hydrogen-bond acceptors (Lipinski definition) is 4. The molecule has 2 N–H and O–H groups in total. The number of ether oxygens (including phenoxy) is 3. The minimum Gasteiger partial charge on any atom is -0.497 e. The number of guanidine groups is 1. The zero-order valence-corrected chi connectivity index (χ0v) is 13.8. The minimum absolute atomic E-state index is 0.288. The third-order valence-corrected chi connectivity index (χ3v) is 3.71. The summed E-state index contributed by atoms with van der Waals surface area (Å²) in [7, 11) is 3.42. The molecule has 0 radical (unpaired) electrons. The molecule has 0 bridgehead atoms. The summed E-state index contributed by atoms with van der Waals surface area (Å²) in [6.45, 7) is 1.60. The van der Waals surface area contributed by atoms with Crippen LogP contribution in [0.1, 0.15) is 11.1 Å². The molecule has 126 valence electrons. The van der Waals surface area contributed by atoms with Gasteiger partial charge in [0.05, 0.1) is 7.11 Å². The maximum Gasteiger partial charge on any atom is 0.231 e. The Morgan fingerprint density at radius 1 is 1.04 bits per heavy atom. The summed E-state index contributed by atoms with van der Waals surface area (Å²) in [5.74, 6) is 3.15. The van der Waals surface area contributed by atoms with Gasteiger partial charge in [-0.2, -0.15) is 0 Å². The summed E-state index contributed by atoms with van der Waals surface area (Å²) in [5.41, 5.74) is 2.23. The zero-order chi connectivity index (χ0) is 16.8. The van der Waals surface area contributed by atoms with Crippen molar-refractivity contribution < 1.29 is 14.2 Å². The molecule has 3 rings (SSSR count). The summed E-state index contributed by atoms with van der Waals surface area (Å²) in [4.78, 5) is 4.24. The van der Waals surface area contributed by atoms with Crippen LogP contribution in [0.2, 0.25) is 0 Å². The molecule has 0 saturated carbocycles. The first-order valence-electron chi connectivity index (χ1n) is 7.74. The van der Waals surface area contributed by atoms with Crippen LogP contribution < -0.4 is 24.8 Å². The highest BCUT2D eigenvalue weighted by Crippen LogP contribution is 2.32. The van der Waals surface area contributed by atoms with Crippen LogP contribution in [0.25, 0.3) is 0 Å². The fraction of sp³-hybridized carbons (Fsp3) is 0.278. The molecule has 0 atom stereocenters. The minimum atomic E-state index is 0.288. The molecule has 0 aliphatic carbocycles. The smallest absolute Gasteiger partial charge is 0.231 e. The lowest BCUT2D eigenvalue weighted by atomic mass is 10.2. The summed E-state index contributed by atoms with van der Waals surface area (Å²) >= 11 is 0. The van der Waals surface area contributed by atoms with E-state index < -0.39 is 0 Å². The molecule has 2 aromatic carbocycles. The van der Waals surface area contributed by atoms with E-state index in [2.05, 4.69) is 15.6 Å². The molecule has 24 heavy (non-hydrogen) atoms. The third kappa shape index (κ3) is 3.90. The summed E-state index contributed by atoms with van der Waals surface area (Å²) in [5, 5.41) is 6.57. The van der Waals surface area contributed by atoms with E-state index in [0.717, 1.165) is 34.3 Å². The van der Waals surface area contributed by atoms with Gasteiger partial charge in [0.2, 0.25) is 6.79 Å². The second-order valence-corrected chi connectivity index (χ2v) is 5.32. The number of nitrogens with one attached hydrogen (secondary N) is 2. The molecular formula is C18H21N3O3. The van der Waals surface area contributed by atoms with Crippen molar-refractivity contribution in [3.8, 4) is 17.2 Å². The number of nitrogens with zero attached hydrogens (tertiary/aromatic N) is 1. The van der Waals surface area contributed by atoms with Crippen LogP contribution in [0.3, 0.4) is 0 Å². The second-order valence-electron chi connectivity index (χ2n) is 5.32. The van der Waals surface area contributed by atoms with Crippen LogP contribution in [0.15, 0.2) is 47.5 Å². The Hall–Kier alpha value is -2.89. The van der Waals surface area contributed by atoms with E-state index in [1.165, 1.54) is 0 Å². The lowest BCUT2D eigenvalue weighted by molar-refractivity contribution is 0.174. The average molecular weight is 327 g/mol. The molecule has 0 unspecified atom stereocenters. The zero-order valence-electron chi connectivity index (χ0n) is 13.8. The van der Waals surface area contributed by atoms with E-state index in [1.807, 2.05) is 42.5 Å². The van der Waals surface area contributed by atoms with Crippen LogP contribution >= 0.6 is 0 Å². The molecule has 1 aliphatic heterocycles. The molecule has 0 amide bonds. The quantitative estimate of drug-likeness (QED) is 0.652. The first-order valence-corrected chi connectivity index (χ1v) is 7.74. The van der Waals surface area contributed by atoms with Gasteiger partial charge in [0.1, 0.15) is 5.75 Å². The van der Waals surface area contributed by atoms with E-state index in [1.54, 1.807) is 14.2 Å². The van der Waals surface area contributed by atoms with Crippen molar-refractivity contribution in [2.45, 2.75) is 13.1 Å². The Bertz CT molecular complexity index is 731. The summed E-state index contributed by atoms with van der Waals surface area (Å²) < 4.78 is 15.9.